The lowest BCUT2D eigenvalue weighted by Gasteiger charge is -2.27. The van der Waals surface area contributed by atoms with E-state index in [-0.39, 0.29) is 0 Å². The molecule has 0 spiro atoms. The molecule has 2 aliphatic carbocycles. The van der Waals surface area contributed by atoms with Crippen molar-refractivity contribution < 1.29 is 4.74 Å². The molecule has 3 rings (SSSR count). The third-order valence-electron chi connectivity index (χ3n) is 5.26. The normalized spacial score (nSPS) is 27.5. The number of rotatable bonds is 6. The number of anilines is 1. The lowest BCUT2D eigenvalue weighted by molar-refractivity contribution is 0.212. The molecular formula is C18H28N2O. The van der Waals surface area contributed by atoms with Gasteiger partial charge >= 0.3 is 0 Å². The quantitative estimate of drug-likeness (QED) is 0.814. The highest BCUT2D eigenvalue weighted by Gasteiger charge is 2.39. The van der Waals surface area contributed by atoms with E-state index in [4.69, 9.17) is 10.5 Å². The van der Waals surface area contributed by atoms with Crippen LogP contribution in [0.2, 0.25) is 0 Å². The van der Waals surface area contributed by atoms with Crippen LogP contribution in [0.5, 0.6) is 5.75 Å². The Balaban J connectivity index is 1.61. The van der Waals surface area contributed by atoms with E-state index in [0.717, 1.165) is 35.7 Å². The first-order valence-electron chi connectivity index (χ1n) is 8.35. The van der Waals surface area contributed by atoms with Crippen molar-refractivity contribution in [2.75, 3.05) is 25.9 Å². The summed E-state index contributed by atoms with van der Waals surface area (Å²) >= 11 is 0. The molecule has 0 aliphatic heterocycles. The minimum Gasteiger partial charge on any atom is -0.494 e. The maximum absolute atomic E-state index is 5.94. The smallest absolute Gasteiger partial charge is 0.123 e. The van der Waals surface area contributed by atoms with Crippen molar-refractivity contribution in [3.63, 3.8) is 0 Å². The molecule has 2 fully saturated rings. The first kappa shape index (κ1) is 14.7. The first-order valence-corrected chi connectivity index (χ1v) is 8.35. The van der Waals surface area contributed by atoms with Crippen LogP contribution >= 0.6 is 0 Å². The number of hydrogen-bond acceptors (Lipinski definition) is 3. The van der Waals surface area contributed by atoms with Crippen LogP contribution in [0.15, 0.2) is 18.2 Å². The monoisotopic (exact) mass is 288 g/mol. The molecule has 0 radical (unpaired) electrons. The van der Waals surface area contributed by atoms with Crippen LogP contribution in [0.3, 0.4) is 0 Å². The van der Waals surface area contributed by atoms with Gasteiger partial charge < -0.3 is 15.4 Å². The Morgan fingerprint density at radius 1 is 1.29 bits per heavy atom. The summed E-state index contributed by atoms with van der Waals surface area (Å²) in [6.45, 7) is 4.86. The van der Waals surface area contributed by atoms with Crippen LogP contribution in [0.25, 0.3) is 0 Å². The fourth-order valence-corrected chi connectivity index (χ4v) is 4.37. The van der Waals surface area contributed by atoms with Crippen LogP contribution in [0.4, 0.5) is 5.69 Å². The van der Waals surface area contributed by atoms with E-state index in [1.165, 1.54) is 37.8 Å². The molecule has 3 unspecified atom stereocenters. The maximum atomic E-state index is 5.94. The minimum atomic E-state index is 0.701. The Morgan fingerprint density at radius 3 is 2.81 bits per heavy atom. The lowest BCUT2D eigenvalue weighted by Crippen LogP contribution is -2.28. The molecule has 1 aromatic rings. The third kappa shape index (κ3) is 3.34. The van der Waals surface area contributed by atoms with Crippen molar-refractivity contribution in [3.05, 3.63) is 23.8 Å². The van der Waals surface area contributed by atoms with Gasteiger partial charge in [0, 0.05) is 24.3 Å². The van der Waals surface area contributed by atoms with Gasteiger partial charge in [0.05, 0.1) is 6.61 Å². The van der Waals surface area contributed by atoms with Gasteiger partial charge in [0.25, 0.3) is 0 Å². The van der Waals surface area contributed by atoms with Gasteiger partial charge in [-0.25, -0.2) is 0 Å². The van der Waals surface area contributed by atoms with Gasteiger partial charge in [-0.05, 0) is 69.2 Å². The Hall–Kier alpha value is -1.22. The molecule has 3 heteroatoms. The molecule has 0 aromatic heterocycles. The number of hydrogen-bond donors (Lipinski definition) is 1. The molecule has 2 N–H and O–H groups in total. The Bertz CT molecular complexity index is 488. The molecule has 0 amide bonds. The lowest BCUT2D eigenvalue weighted by atomic mass is 9.88. The number of nitrogens with zero attached hydrogens (tertiary/aromatic N) is 1. The Kier molecular flexibility index (Phi) is 4.39. The molecule has 1 aromatic carbocycles. The van der Waals surface area contributed by atoms with Gasteiger partial charge in [0.15, 0.2) is 0 Å². The number of ether oxygens (including phenoxy) is 1. The highest BCUT2D eigenvalue weighted by atomic mass is 16.5. The fraction of sp³-hybridized carbons (Fsp3) is 0.667. The zero-order chi connectivity index (χ0) is 14.8. The largest absolute Gasteiger partial charge is 0.494 e. The van der Waals surface area contributed by atoms with E-state index >= 15 is 0 Å². The van der Waals surface area contributed by atoms with Gasteiger partial charge in [-0.15, -0.1) is 0 Å². The van der Waals surface area contributed by atoms with E-state index in [2.05, 4.69) is 18.0 Å². The topological polar surface area (TPSA) is 38.5 Å². The summed E-state index contributed by atoms with van der Waals surface area (Å²) in [4.78, 5) is 2.45. The molecular weight excluding hydrogens is 260 g/mol. The summed E-state index contributed by atoms with van der Waals surface area (Å²) in [6, 6.07) is 5.98. The van der Waals surface area contributed by atoms with Crippen molar-refractivity contribution in [3.8, 4) is 5.75 Å². The maximum Gasteiger partial charge on any atom is 0.123 e. The number of fused-ring (bicyclic) bond motifs is 2. The van der Waals surface area contributed by atoms with Crippen LogP contribution in [-0.2, 0) is 6.54 Å². The number of nitrogens with two attached hydrogens (primary N) is 1. The molecule has 2 aliphatic rings. The molecule has 2 saturated carbocycles. The highest BCUT2D eigenvalue weighted by molar-refractivity contribution is 5.47. The van der Waals surface area contributed by atoms with Gasteiger partial charge in [0.1, 0.15) is 5.75 Å². The molecule has 2 bridgehead atoms. The van der Waals surface area contributed by atoms with Crippen molar-refractivity contribution in [1.29, 1.82) is 0 Å². The summed E-state index contributed by atoms with van der Waals surface area (Å²) in [7, 11) is 2.23. The summed E-state index contributed by atoms with van der Waals surface area (Å²) in [5.74, 6) is 3.90. The van der Waals surface area contributed by atoms with E-state index in [1.54, 1.807) is 0 Å². The molecule has 0 heterocycles. The average Bonchev–Trinajstić information content (AvgIpc) is 3.04. The Labute approximate surface area is 128 Å². The van der Waals surface area contributed by atoms with Gasteiger partial charge in [-0.2, -0.15) is 0 Å². The van der Waals surface area contributed by atoms with E-state index < -0.39 is 0 Å². The second-order valence-corrected chi connectivity index (χ2v) is 6.93. The summed E-state index contributed by atoms with van der Waals surface area (Å²) in [5, 5.41) is 0. The van der Waals surface area contributed by atoms with Crippen LogP contribution in [-0.4, -0.2) is 25.1 Å². The highest BCUT2D eigenvalue weighted by Crippen LogP contribution is 2.48. The van der Waals surface area contributed by atoms with Crippen molar-refractivity contribution >= 4 is 5.69 Å². The molecule has 21 heavy (non-hydrogen) atoms. The molecule has 116 valence electrons. The van der Waals surface area contributed by atoms with Crippen LogP contribution < -0.4 is 10.5 Å². The zero-order valence-electron chi connectivity index (χ0n) is 13.3. The second-order valence-electron chi connectivity index (χ2n) is 6.93. The average molecular weight is 288 g/mol. The van der Waals surface area contributed by atoms with Crippen molar-refractivity contribution in [2.24, 2.45) is 17.8 Å². The standard InChI is InChI=1S/C18H28N2O/c1-3-21-18-7-6-17(19)10-16(18)12-20(2)11-15-9-13-4-5-14(15)8-13/h6-7,10,13-15H,3-5,8-9,11-12,19H2,1-2H3. The first-order chi connectivity index (χ1) is 10.2. The summed E-state index contributed by atoms with van der Waals surface area (Å²) in [6.07, 6.45) is 5.88. The summed E-state index contributed by atoms with van der Waals surface area (Å²) in [5.41, 5.74) is 7.97. The van der Waals surface area contributed by atoms with Crippen molar-refractivity contribution in [2.45, 2.75) is 39.2 Å². The van der Waals surface area contributed by atoms with Gasteiger partial charge in [-0.1, -0.05) is 6.42 Å². The predicted molar refractivity (Wildman–Crippen MR) is 87.3 cm³/mol. The number of nitrogen functional groups attached to an aromatic ring is 1. The van der Waals surface area contributed by atoms with E-state index in [0.29, 0.717) is 6.61 Å². The molecule has 3 atom stereocenters. The molecule has 0 saturated heterocycles. The fourth-order valence-electron chi connectivity index (χ4n) is 4.37. The zero-order valence-corrected chi connectivity index (χ0v) is 13.3. The van der Waals surface area contributed by atoms with Gasteiger partial charge in [0.2, 0.25) is 0 Å². The molecule has 3 nitrogen and oxygen atoms in total. The third-order valence-corrected chi connectivity index (χ3v) is 5.26. The van der Waals surface area contributed by atoms with E-state index in [1.807, 2.05) is 19.1 Å². The predicted octanol–water partition coefficient (Wildman–Crippen LogP) is 3.54. The summed E-state index contributed by atoms with van der Waals surface area (Å²) < 4.78 is 5.73. The SMILES string of the molecule is CCOc1ccc(N)cc1CN(C)CC1CC2CCC1C2. The van der Waals surface area contributed by atoms with E-state index in [9.17, 15) is 0 Å². The minimum absolute atomic E-state index is 0.701. The van der Waals surface area contributed by atoms with Crippen molar-refractivity contribution in [1.82, 2.24) is 4.90 Å². The van der Waals surface area contributed by atoms with Crippen LogP contribution in [0, 0.1) is 17.8 Å². The number of benzene rings is 1. The Morgan fingerprint density at radius 2 is 2.14 bits per heavy atom. The van der Waals surface area contributed by atoms with Crippen LogP contribution in [0.1, 0.15) is 38.2 Å². The second kappa shape index (κ2) is 6.27. The van der Waals surface area contributed by atoms with Gasteiger partial charge in [-0.3, -0.25) is 0 Å².